The van der Waals surface area contributed by atoms with E-state index in [2.05, 4.69) is 13.8 Å². The molecule has 0 spiro atoms. The molecule has 20 heavy (non-hydrogen) atoms. The summed E-state index contributed by atoms with van der Waals surface area (Å²) in [6.45, 7) is 4.71. The molecule has 0 aromatic carbocycles. The van der Waals surface area contributed by atoms with E-state index in [1.807, 2.05) is 0 Å². The number of carbonyl (C=O) groups is 2. The van der Waals surface area contributed by atoms with Gasteiger partial charge >= 0.3 is 35.5 Å². The Balaban J connectivity index is -0.00000162. The average Bonchev–Trinajstić information content (AvgIpc) is 2.42. The predicted molar refractivity (Wildman–Crippen MR) is 79.2 cm³/mol. The van der Waals surface area contributed by atoms with Gasteiger partial charge in [0.05, 0.1) is 6.61 Å². The maximum Gasteiger partial charge on any atom is 1.00 e. The molecule has 0 aromatic heterocycles. The van der Waals surface area contributed by atoms with Gasteiger partial charge in [0, 0.05) is 6.42 Å². The third-order valence-electron chi connectivity index (χ3n) is 3.22. The molecule has 0 radical (unpaired) electrons. The molecule has 0 atom stereocenters. The van der Waals surface area contributed by atoms with Crippen LogP contribution in [0.3, 0.4) is 0 Å². The summed E-state index contributed by atoms with van der Waals surface area (Å²) >= 11 is 0. The second-order valence-corrected chi connectivity index (χ2v) is 5.14. The summed E-state index contributed by atoms with van der Waals surface area (Å²) in [6, 6.07) is 0. The fourth-order valence-electron chi connectivity index (χ4n) is 1.94. The number of ketones is 1. The summed E-state index contributed by atoms with van der Waals surface area (Å²) in [5, 5.41) is 0. The predicted octanol–water partition coefficient (Wildman–Crippen LogP) is 1.55. The molecular weight excluding hydrogens is 263 g/mol. The Morgan fingerprint density at radius 3 is 1.85 bits per heavy atom. The summed E-state index contributed by atoms with van der Waals surface area (Å²) < 4.78 is 4.97. The van der Waals surface area contributed by atoms with Crippen LogP contribution in [0, 0.1) is 0 Å². The second kappa shape index (κ2) is 17.2. The molecule has 0 aliphatic heterocycles. The van der Waals surface area contributed by atoms with Crippen LogP contribution in [0.25, 0.3) is 0 Å². The van der Waals surface area contributed by atoms with Gasteiger partial charge in [0.15, 0.2) is 0 Å². The Bertz CT molecular complexity index is 248. The van der Waals surface area contributed by atoms with Gasteiger partial charge < -0.3 is 6.16 Å². The third-order valence-corrected chi connectivity index (χ3v) is 3.22. The van der Waals surface area contributed by atoms with Gasteiger partial charge in [-0.05, 0) is 12.8 Å². The summed E-state index contributed by atoms with van der Waals surface area (Å²) in [5.74, 6) is -0.990. The first-order chi connectivity index (χ1) is 9.22. The van der Waals surface area contributed by atoms with Gasteiger partial charge in [-0.15, -0.1) is 0 Å². The van der Waals surface area contributed by atoms with Crippen molar-refractivity contribution in [2.24, 2.45) is 0 Å². The molecule has 0 unspecified atom stereocenters. The van der Waals surface area contributed by atoms with E-state index in [1.165, 1.54) is 32.1 Å². The van der Waals surface area contributed by atoms with E-state index in [0.717, 1.165) is 32.1 Å². The summed E-state index contributed by atoms with van der Waals surface area (Å²) in [4.78, 5) is 22.8. The first-order valence-corrected chi connectivity index (χ1v) is 7.92. The number of Topliss-reactive ketones (excluding diaryl/α,β-unsaturated/α-hetero) is 1. The topological polar surface area (TPSA) is 43.4 Å². The fourth-order valence-corrected chi connectivity index (χ4v) is 1.94. The van der Waals surface area contributed by atoms with Gasteiger partial charge in [-0.2, -0.15) is 0 Å². The first-order valence-electron chi connectivity index (χ1n) is 7.92. The third kappa shape index (κ3) is 14.5. The molecular formula is C16H31NaO3. The van der Waals surface area contributed by atoms with Crippen LogP contribution in [0.15, 0.2) is 0 Å². The van der Waals surface area contributed by atoms with Crippen molar-refractivity contribution in [3.05, 3.63) is 0 Å². The van der Waals surface area contributed by atoms with Gasteiger partial charge in [0.25, 0.3) is 0 Å². The zero-order valence-electron chi connectivity index (χ0n) is 14.7. The number of rotatable bonds is 13. The standard InChI is InChI=1S/C16H30O3.Na.H/c1-3-5-7-9-11-13-15(17)16(18)19-14-12-10-8-6-4-2;;/h3-14H2,1-2H3;;/q;+1;-1. The Morgan fingerprint density at radius 1 is 0.800 bits per heavy atom. The SMILES string of the molecule is CCCCCCCOC(=O)C(=O)CCCCCCC.[H-].[Na+]. The number of hydrogen-bond donors (Lipinski definition) is 0. The minimum Gasteiger partial charge on any atom is -1.00 e. The maximum absolute atomic E-state index is 11.5. The molecule has 114 valence electrons. The molecule has 4 heteroatoms. The molecule has 0 saturated heterocycles. The molecule has 3 nitrogen and oxygen atoms in total. The van der Waals surface area contributed by atoms with Crippen molar-refractivity contribution in [2.45, 2.75) is 84.5 Å². The molecule has 0 N–H and O–H groups in total. The summed E-state index contributed by atoms with van der Waals surface area (Å²) in [6.07, 6.45) is 11.3. The van der Waals surface area contributed by atoms with Crippen molar-refractivity contribution in [3.63, 3.8) is 0 Å². The van der Waals surface area contributed by atoms with Crippen LogP contribution in [0.5, 0.6) is 0 Å². The molecule has 0 heterocycles. The Morgan fingerprint density at radius 2 is 1.30 bits per heavy atom. The van der Waals surface area contributed by atoms with Crippen LogP contribution in [-0.4, -0.2) is 18.4 Å². The molecule has 0 saturated carbocycles. The van der Waals surface area contributed by atoms with Crippen LogP contribution in [0.2, 0.25) is 0 Å². The quantitative estimate of drug-likeness (QED) is 0.224. The monoisotopic (exact) mass is 294 g/mol. The van der Waals surface area contributed by atoms with Gasteiger partial charge in [-0.3, -0.25) is 4.79 Å². The largest absolute Gasteiger partial charge is 1.00 e. The zero-order valence-corrected chi connectivity index (χ0v) is 15.7. The van der Waals surface area contributed by atoms with Crippen molar-refractivity contribution in [1.29, 1.82) is 0 Å². The molecule has 0 amide bonds. The van der Waals surface area contributed by atoms with Gasteiger partial charge in [-0.25, -0.2) is 4.79 Å². The minimum absolute atomic E-state index is 0. The first kappa shape index (κ1) is 22.4. The maximum atomic E-state index is 11.5. The van der Waals surface area contributed by atoms with E-state index in [0.29, 0.717) is 13.0 Å². The van der Waals surface area contributed by atoms with E-state index in [1.54, 1.807) is 0 Å². The van der Waals surface area contributed by atoms with E-state index in [4.69, 9.17) is 4.74 Å². The molecule has 0 bridgehead atoms. The van der Waals surface area contributed by atoms with Crippen LogP contribution in [-0.2, 0) is 14.3 Å². The van der Waals surface area contributed by atoms with Crippen molar-refractivity contribution in [1.82, 2.24) is 0 Å². The van der Waals surface area contributed by atoms with Crippen LogP contribution >= 0.6 is 0 Å². The number of carbonyl (C=O) groups excluding carboxylic acids is 2. The molecule has 0 aromatic rings. The van der Waals surface area contributed by atoms with Crippen molar-refractivity contribution in [3.8, 4) is 0 Å². The van der Waals surface area contributed by atoms with Gasteiger partial charge in [0.1, 0.15) is 0 Å². The van der Waals surface area contributed by atoms with Crippen LogP contribution in [0.1, 0.15) is 85.9 Å². The summed E-state index contributed by atoms with van der Waals surface area (Å²) in [7, 11) is 0. The van der Waals surface area contributed by atoms with Crippen molar-refractivity contribution >= 4 is 11.8 Å². The molecule has 0 aliphatic carbocycles. The van der Waals surface area contributed by atoms with E-state index >= 15 is 0 Å². The van der Waals surface area contributed by atoms with Crippen LogP contribution < -0.4 is 29.6 Å². The van der Waals surface area contributed by atoms with Crippen LogP contribution in [0.4, 0.5) is 0 Å². The van der Waals surface area contributed by atoms with Gasteiger partial charge in [0.2, 0.25) is 5.78 Å². The number of esters is 1. The van der Waals surface area contributed by atoms with Gasteiger partial charge in [-0.1, -0.05) is 65.2 Å². The zero-order chi connectivity index (χ0) is 14.3. The number of ether oxygens (including phenoxy) is 1. The second-order valence-electron chi connectivity index (χ2n) is 5.14. The Hall–Kier alpha value is 0.140. The molecule has 0 aliphatic rings. The normalized spacial score (nSPS) is 9.90. The van der Waals surface area contributed by atoms with Crippen molar-refractivity contribution < 1.29 is 45.3 Å². The number of unbranched alkanes of at least 4 members (excludes halogenated alkanes) is 8. The van der Waals surface area contributed by atoms with E-state index in [-0.39, 0.29) is 36.8 Å². The molecule has 0 fully saturated rings. The Labute approximate surface area is 148 Å². The van der Waals surface area contributed by atoms with E-state index in [9.17, 15) is 9.59 Å². The van der Waals surface area contributed by atoms with E-state index < -0.39 is 5.97 Å². The van der Waals surface area contributed by atoms with Crippen molar-refractivity contribution in [2.75, 3.05) is 6.61 Å². The fraction of sp³-hybridized carbons (Fsp3) is 0.875. The summed E-state index contributed by atoms with van der Waals surface area (Å²) in [5.41, 5.74) is 0. The smallest absolute Gasteiger partial charge is 1.00 e. The number of hydrogen-bond acceptors (Lipinski definition) is 3. The Kier molecular flexibility index (Phi) is 19.3. The molecule has 0 rings (SSSR count). The average molecular weight is 294 g/mol. The minimum atomic E-state index is -0.633.